The Morgan fingerprint density at radius 1 is 1.14 bits per heavy atom. The van der Waals surface area contributed by atoms with Gasteiger partial charge in [-0.25, -0.2) is 12.8 Å². The minimum Gasteiger partial charge on any atom is -0.468 e. The van der Waals surface area contributed by atoms with E-state index in [0.717, 1.165) is 28.6 Å². The van der Waals surface area contributed by atoms with Gasteiger partial charge in [0, 0.05) is 6.54 Å². The summed E-state index contributed by atoms with van der Waals surface area (Å²) in [6.07, 6.45) is -4.51. The molecule has 2 aromatic rings. The molecule has 0 fully saturated rings. The fraction of sp³-hybridized carbons (Fsp3) is 0.278. The summed E-state index contributed by atoms with van der Waals surface area (Å²) in [6, 6.07) is 7.21. The molecule has 0 unspecified atom stereocenters. The van der Waals surface area contributed by atoms with Crippen LogP contribution in [0.2, 0.25) is 0 Å². The molecule has 0 bridgehead atoms. The number of alkyl halides is 3. The Balaban J connectivity index is 1.95. The van der Waals surface area contributed by atoms with Crippen LogP contribution in [0.5, 0.6) is 0 Å². The smallest absolute Gasteiger partial charge is 0.416 e. The summed E-state index contributed by atoms with van der Waals surface area (Å²) in [6.45, 7) is -0.792. The van der Waals surface area contributed by atoms with Gasteiger partial charge in [0.1, 0.15) is 17.3 Å². The van der Waals surface area contributed by atoms with Gasteiger partial charge >= 0.3 is 12.1 Å². The van der Waals surface area contributed by atoms with E-state index in [1.165, 1.54) is 30.2 Å². The number of hydrogen-bond acceptors (Lipinski definition) is 5. The maximum absolute atomic E-state index is 13.7. The second kappa shape index (κ2) is 7.64. The largest absolute Gasteiger partial charge is 0.468 e. The van der Waals surface area contributed by atoms with Gasteiger partial charge in [-0.15, -0.1) is 0 Å². The van der Waals surface area contributed by atoms with Crippen molar-refractivity contribution in [2.75, 3.05) is 25.2 Å². The molecule has 29 heavy (non-hydrogen) atoms. The summed E-state index contributed by atoms with van der Waals surface area (Å²) in [5, 5.41) is 0. The molecule has 0 spiro atoms. The first-order valence-electron chi connectivity index (χ1n) is 8.30. The molecule has 0 radical (unpaired) electrons. The van der Waals surface area contributed by atoms with Gasteiger partial charge in [-0.05, 0) is 35.9 Å². The van der Waals surface area contributed by atoms with E-state index in [1.807, 2.05) is 0 Å². The molecule has 1 heterocycles. The van der Waals surface area contributed by atoms with Crippen LogP contribution in [0, 0.1) is 5.82 Å². The van der Waals surface area contributed by atoms with Crippen LogP contribution in [-0.2, 0) is 32.3 Å². The van der Waals surface area contributed by atoms with Crippen molar-refractivity contribution in [3.05, 3.63) is 59.4 Å². The molecule has 0 N–H and O–H groups in total. The zero-order valence-electron chi connectivity index (χ0n) is 15.1. The number of anilines is 1. The number of fused-ring (bicyclic) bond motifs is 1. The number of rotatable bonds is 4. The van der Waals surface area contributed by atoms with Crippen LogP contribution >= 0.6 is 0 Å². The van der Waals surface area contributed by atoms with Crippen LogP contribution in [0.1, 0.15) is 11.1 Å². The van der Waals surface area contributed by atoms with E-state index in [9.17, 15) is 30.8 Å². The summed E-state index contributed by atoms with van der Waals surface area (Å²) in [4.78, 5) is 12.8. The van der Waals surface area contributed by atoms with Crippen molar-refractivity contribution in [1.82, 2.24) is 4.31 Å². The first kappa shape index (κ1) is 21.1. The summed E-state index contributed by atoms with van der Waals surface area (Å²) < 4.78 is 83.3. The van der Waals surface area contributed by atoms with Crippen LogP contribution in [0.15, 0.2) is 47.4 Å². The van der Waals surface area contributed by atoms with Gasteiger partial charge in [0.2, 0.25) is 10.0 Å². The Bertz CT molecular complexity index is 1020. The van der Waals surface area contributed by atoms with Crippen molar-refractivity contribution >= 4 is 21.7 Å². The number of nitrogens with zero attached hydrogens (tertiary/aromatic N) is 2. The third kappa shape index (κ3) is 4.35. The summed E-state index contributed by atoms with van der Waals surface area (Å²) in [5.41, 5.74) is -0.414. The SMILES string of the molecule is COC(=O)CN1CN(Cc2ccc(C(F)(F)F)cc2)S(=O)(=O)c2cc(F)ccc21. The number of esters is 1. The van der Waals surface area contributed by atoms with Gasteiger partial charge in [-0.1, -0.05) is 12.1 Å². The van der Waals surface area contributed by atoms with Crippen LogP contribution in [0.4, 0.5) is 23.2 Å². The minimum atomic E-state index is -4.51. The van der Waals surface area contributed by atoms with Gasteiger partial charge in [-0.2, -0.15) is 17.5 Å². The average Bonchev–Trinajstić information content (AvgIpc) is 2.65. The third-order valence-corrected chi connectivity index (χ3v) is 6.20. The molecule has 3 rings (SSSR count). The van der Waals surface area contributed by atoms with E-state index >= 15 is 0 Å². The molecule has 0 aliphatic carbocycles. The van der Waals surface area contributed by atoms with E-state index < -0.39 is 33.5 Å². The predicted molar refractivity (Wildman–Crippen MR) is 94.8 cm³/mol. The summed E-state index contributed by atoms with van der Waals surface area (Å²) in [7, 11) is -2.97. The molecule has 0 amide bonds. The van der Waals surface area contributed by atoms with Crippen LogP contribution in [0.25, 0.3) is 0 Å². The lowest BCUT2D eigenvalue weighted by Gasteiger charge is -2.37. The number of benzene rings is 2. The van der Waals surface area contributed by atoms with Crippen molar-refractivity contribution in [3.8, 4) is 0 Å². The lowest BCUT2D eigenvalue weighted by atomic mass is 10.1. The number of carbonyl (C=O) groups is 1. The number of carbonyl (C=O) groups excluding carboxylic acids is 1. The number of methoxy groups -OCH3 is 1. The predicted octanol–water partition coefficient (Wildman–Crippen LogP) is 2.99. The van der Waals surface area contributed by atoms with E-state index in [2.05, 4.69) is 4.74 Å². The summed E-state index contributed by atoms with van der Waals surface area (Å²) >= 11 is 0. The minimum absolute atomic E-state index is 0.139. The number of sulfonamides is 1. The van der Waals surface area contributed by atoms with Crippen molar-refractivity contribution in [1.29, 1.82) is 0 Å². The Morgan fingerprint density at radius 2 is 1.79 bits per heavy atom. The first-order valence-corrected chi connectivity index (χ1v) is 9.74. The molecular weight excluding hydrogens is 416 g/mol. The fourth-order valence-electron chi connectivity index (χ4n) is 2.93. The zero-order valence-corrected chi connectivity index (χ0v) is 15.9. The molecule has 2 aromatic carbocycles. The normalized spacial score (nSPS) is 16.4. The average molecular weight is 432 g/mol. The highest BCUT2D eigenvalue weighted by Crippen LogP contribution is 2.35. The number of hydrogen-bond donors (Lipinski definition) is 0. The lowest BCUT2D eigenvalue weighted by Crippen LogP contribution is -2.47. The molecule has 0 atom stereocenters. The maximum Gasteiger partial charge on any atom is 0.416 e. The molecule has 6 nitrogen and oxygen atoms in total. The topological polar surface area (TPSA) is 66.9 Å². The molecular formula is C18H16F4N2O4S. The second-order valence-corrected chi connectivity index (χ2v) is 8.24. The number of ether oxygens (including phenoxy) is 1. The van der Waals surface area contributed by atoms with Crippen molar-refractivity contribution in [2.24, 2.45) is 0 Å². The van der Waals surface area contributed by atoms with Crippen LogP contribution < -0.4 is 4.90 Å². The molecule has 0 aromatic heterocycles. The van der Waals surface area contributed by atoms with Crippen molar-refractivity contribution < 1.29 is 35.5 Å². The lowest BCUT2D eigenvalue weighted by molar-refractivity contribution is -0.139. The molecule has 1 aliphatic heterocycles. The Morgan fingerprint density at radius 3 is 2.38 bits per heavy atom. The highest BCUT2D eigenvalue weighted by atomic mass is 32.2. The third-order valence-electron chi connectivity index (χ3n) is 4.40. The standard InChI is InChI=1S/C18H16F4N2O4S/c1-28-17(25)10-23-11-24(9-12-2-4-13(5-3-12)18(20,21)22)29(26,27)16-8-14(19)6-7-15(16)23/h2-8H,9-11H2,1H3. The molecule has 0 saturated heterocycles. The highest BCUT2D eigenvalue weighted by Gasteiger charge is 2.37. The molecule has 11 heteroatoms. The molecule has 1 aliphatic rings. The van der Waals surface area contributed by atoms with Gasteiger partial charge in [0.05, 0.1) is 25.0 Å². The Kier molecular flexibility index (Phi) is 5.54. The maximum atomic E-state index is 13.7. The first-order chi connectivity index (χ1) is 13.5. The Labute approximate surface area is 164 Å². The van der Waals surface area contributed by atoms with Gasteiger partial charge in [-0.3, -0.25) is 4.79 Å². The quantitative estimate of drug-likeness (QED) is 0.549. The number of halogens is 4. The van der Waals surface area contributed by atoms with Crippen molar-refractivity contribution in [2.45, 2.75) is 17.6 Å². The molecule has 0 saturated carbocycles. The van der Waals surface area contributed by atoms with Gasteiger partial charge in [0.15, 0.2) is 0 Å². The van der Waals surface area contributed by atoms with E-state index in [0.29, 0.717) is 5.56 Å². The molecule has 156 valence electrons. The van der Waals surface area contributed by atoms with Crippen LogP contribution in [0.3, 0.4) is 0 Å². The second-order valence-electron chi connectivity index (χ2n) is 6.34. The monoisotopic (exact) mass is 432 g/mol. The Hall–Kier alpha value is -2.66. The van der Waals surface area contributed by atoms with E-state index in [-0.39, 0.29) is 30.3 Å². The highest BCUT2D eigenvalue weighted by molar-refractivity contribution is 7.89. The summed E-state index contributed by atoms with van der Waals surface area (Å²) in [5.74, 6) is -1.41. The fourth-order valence-corrected chi connectivity index (χ4v) is 4.54. The van der Waals surface area contributed by atoms with E-state index in [1.54, 1.807) is 0 Å². The van der Waals surface area contributed by atoms with Gasteiger partial charge < -0.3 is 9.64 Å². The zero-order chi connectivity index (χ0) is 21.4. The van der Waals surface area contributed by atoms with Crippen LogP contribution in [-0.4, -0.2) is 39.0 Å². The van der Waals surface area contributed by atoms with Gasteiger partial charge in [0.25, 0.3) is 0 Å². The van der Waals surface area contributed by atoms with E-state index in [4.69, 9.17) is 0 Å². The van der Waals surface area contributed by atoms with Crippen molar-refractivity contribution in [3.63, 3.8) is 0 Å².